The van der Waals surface area contributed by atoms with E-state index in [0.29, 0.717) is 6.54 Å². The van der Waals surface area contributed by atoms with Gasteiger partial charge >= 0.3 is 6.03 Å². The molecular weight excluding hydrogens is 372 g/mol. The van der Waals surface area contributed by atoms with Crippen LogP contribution in [0.5, 0.6) is 0 Å². The fourth-order valence-electron chi connectivity index (χ4n) is 4.47. The van der Waals surface area contributed by atoms with E-state index in [2.05, 4.69) is 5.32 Å². The van der Waals surface area contributed by atoms with Gasteiger partial charge in [-0.3, -0.25) is 0 Å². The first kappa shape index (κ1) is 20.2. The highest BCUT2D eigenvalue weighted by atomic mass is 16.3. The third-order valence-corrected chi connectivity index (χ3v) is 6.06. The molecule has 2 N–H and O–H groups in total. The summed E-state index contributed by atoms with van der Waals surface area (Å²) < 4.78 is 0. The van der Waals surface area contributed by atoms with Crippen molar-refractivity contribution in [2.24, 2.45) is 0 Å². The molecule has 0 radical (unpaired) electrons. The second kappa shape index (κ2) is 8.72. The molecule has 1 aliphatic heterocycles. The monoisotopic (exact) mass is 400 g/mol. The summed E-state index contributed by atoms with van der Waals surface area (Å²) in [7, 11) is 0. The van der Waals surface area contributed by atoms with Crippen LogP contribution in [0.4, 0.5) is 4.79 Å². The zero-order valence-corrected chi connectivity index (χ0v) is 17.2. The molecule has 0 bridgehead atoms. The summed E-state index contributed by atoms with van der Waals surface area (Å²) in [5.41, 5.74) is 1.39. The number of rotatable bonds is 5. The lowest BCUT2D eigenvalue weighted by Crippen LogP contribution is -2.53. The Labute approximate surface area is 178 Å². The number of carbonyl (C=O) groups is 1. The van der Waals surface area contributed by atoms with E-state index in [1.54, 1.807) is 4.90 Å². The molecule has 0 aliphatic carbocycles. The average Bonchev–Trinajstić information content (AvgIpc) is 3.31. The van der Waals surface area contributed by atoms with Crippen LogP contribution in [0.25, 0.3) is 0 Å². The normalized spacial score (nSPS) is 17.5. The average molecular weight is 401 g/mol. The third-order valence-electron chi connectivity index (χ3n) is 6.06. The van der Waals surface area contributed by atoms with Crippen molar-refractivity contribution in [3.05, 3.63) is 108 Å². The molecule has 30 heavy (non-hydrogen) atoms. The minimum atomic E-state index is -1.27. The number of hydrogen-bond acceptors (Lipinski definition) is 2. The molecule has 1 fully saturated rings. The lowest BCUT2D eigenvalue weighted by molar-refractivity contribution is 0.00834. The van der Waals surface area contributed by atoms with Crippen LogP contribution in [0.1, 0.15) is 42.5 Å². The number of benzene rings is 3. The van der Waals surface area contributed by atoms with Crippen molar-refractivity contribution in [1.29, 1.82) is 0 Å². The van der Waals surface area contributed by atoms with Gasteiger partial charge in [0.2, 0.25) is 0 Å². The molecule has 1 heterocycles. The van der Waals surface area contributed by atoms with Gasteiger partial charge in [0.05, 0.1) is 12.1 Å². The van der Waals surface area contributed by atoms with Gasteiger partial charge in [0.15, 0.2) is 0 Å². The van der Waals surface area contributed by atoms with Crippen LogP contribution in [0.3, 0.4) is 0 Å². The molecule has 3 aromatic carbocycles. The summed E-state index contributed by atoms with van der Waals surface area (Å²) in [4.78, 5) is 15.1. The molecule has 2 atom stereocenters. The standard InChI is InChI=1S/C26H28N2O2/c1-20(21-12-5-2-6-13-21)27-25(29)28-19-11-18-24(28)26(30,22-14-7-3-8-15-22)23-16-9-4-10-17-23/h2-10,12-17,20,24,30H,11,18-19H2,1H3,(H,27,29)/t20-,24-/m0/s1. The maximum atomic E-state index is 13.3. The van der Waals surface area contributed by atoms with Crippen molar-refractivity contribution in [1.82, 2.24) is 10.2 Å². The largest absolute Gasteiger partial charge is 0.378 e. The number of amides is 2. The number of likely N-dealkylation sites (tertiary alicyclic amines) is 1. The zero-order valence-electron chi connectivity index (χ0n) is 17.2. The summed E-state index contributed by atoms with van der Waals surface area (Å²) in [6, 6.07) is 28.7. The summed E-state index contributed by atoms with van der Waals surface area (Å²) >= 11 is 0. The molecule has 3 aromatic rings. The molecule has 4 rings (SSSR count). The van der Waals surface area contributed by atoms with Gasteiger partial charge in [-0.15, -0.1) is 0 Å². The fourth-order valence-corrected chi connectivity index (χ4v) is 4.47. The van der Waals surface area contributed by atoms with E-state index in [1.165, 1.54) is 0 Å². The molecule has 1 aliphatic rings. The molecular formula is C26H28N2O2. The quantitative estimate of drug-likeness (QED) is 0.643. The summed E-state index contributed by atoms with van der Waals surface area (Å²) in [6.45, 7) is 2.61. The Balaban J connectivity index is 1.65. The van der Waals surface area contributed by atoms with Crippen LogP contribution in [0.2, 0.25) is 0 Å². The Morgan fingerprint density at radius 2 is 1.43 bits per heavy atom. The lowest BCUT2D eigenvalue weighted by Gasteiger charge is -2.40. The van der Waals surface area contributed by atoms with Crippen LogP contribution in [0.15, 0.2) is 91.0 Å². The number of nitrogens with one attached hydrogen (secondary N) is 1. The Kier molecular flexibility index (Phi) is 5.86. The first-order chi connectivity index (χ1) is 14.6. The van der Waals surface area contributed by atoms with Gasteiger partial charge in [-0.1, -0.05) is 91.0 Å². The van der Waals surface area contributed by atoms with Gasteiger partial charge in [0, 0.05) is 6.54 Å². The second-order valence-corrected chi connectivity index (χ2v) is 7.93. The van der Waals surface area contributed by atoms with E-state index < -0.39 is 5.60 Å². The number of carbonyl (C=O) groups excluding carboxylic acids is 1. The van der Waals surface area contributed by atoms with Gasteiger partial charge in [-0.05, 0) is 36.5 Å². The Morgan fingerprint density at radius 3 is 1.97 bits per heavy atom. The van der Waals surface area contributed by atoms with E-state index in [4.69, 9.17) is 0 Å². The van der Waals surface area contributed by atoms with Gasteiger partial charge in [-0.25, -0.2) is 4.79 Å². The predicted molar refractivity (Wildman–Crippen MR) is 119 cm³/mol. The van der Waals surface area contributed by atoms with Gasteiger partial charge < -0.3 is 15.3 Å². The van der Waals surface area contributed by atoms with E-state index >= 15 is 0 Å². The molecule has 0 saturated carbocycles. The SMILES string of the molecule is C[C@H](NC(=O)N1CCC[C@H]1C(O)(c1ccccc1)c1ccccc1)c1ccccc1. The molecule has 2 amide bonds. The van der Waals surface area contributed by atoms with Crippen molar-refractivity contribution < 1.29 is 9.90 Å². The summed E-state index contributed by atoms with van der Waals surface area (Å²) in [5, 5.41) is 15.2. The highest BCUT2D eigenvalue weighted by molar-refractivity contribution is 5.76. The molecule has 0 unspecified atom stereocenters. The van der Waals surface area contributed by atoms with E-state index in [9.17, 15) is 9.90 Å². The highest BCUT2D eigenvalue weighted by Crippen LogP contribution is 2.40. The van der Waals surface area contributed by atoms with Crippen LogP contribution in [-0.2, 0) is 5.60 Å². The lowest BCUT2D eigenvalue weighted by atomic mass is 9.79. The maximum absolute atomic E-state index is 13.3. The predicted octanol–water partition coefficient (Wildman–Crippen LogP) is 4.86. The van der Waals surface area contributed by atoms with Gasteiger partial charge in [-0.2, -0.15) is 0 Å². The molecule has 4 nitrogen and oxygen atoms in total. The summed E-state index contributed by atoms with van der Waals surface area (Å²) in [6.07, 6.45) is 1.60. The second-order valence-electron chi connectivity index (χ2n) is 7.93. The zero-order chi connectivity index (χ0) is 21.0. The number of urea groups is 1. The highest BCUT2D eigenvalue weighted by Gasteiger charge is 2.47. The Hall–Kier alpha value is -3.11. The molecule has 4 heteroatoms. The number of nitrogens with zero attached hydrogens (tertiary/aromatic N) is 1. The van der Waals surface area contributed by atoms with Crippen LogP contribution in [0, 0.1) is 0 Å². The van der Waals surface area contributed by atoms with Crippen molar-refractivity contribution in [2.75, 3.05) is 6.54 Å². The van der Waals surface area contributed by atoms with Crippen LogP contribution >= 0.6 is 0 Å². The smallest absolute Gasteiger partial charge is 0.318 e. The topological polar surface area (TPSA) is 52.6 Å². The first-order valence-electron chi connectivity index (χ1n) is 10.6. The summed E-state index contributed by atoms with van der Waals surface area (Å²) in [5.74, 6) is 0. The molecule has 154 valence electrons. The van der Waals surface area contributed by atoms with Gasteiger partial charge in [0.25, 0.3) is 0 Å². The third kappa shape index (κ3) is 3.83. The fraction of sp³-hybridized carbons (Fsp3) is 0.269. The minimum Gasteiger partial charge on any atom is -0.378 e. The molecule has 1 saturated heterocycles. The Bertz CT molecular complexity index is 921. The van der Waals surface area contributed by atoms with E-state index in [-0.39, 0.29) is 18.1 Å². The maximum Gasteiger partial charge on any atom is 0.318 e. The number of aliphatic hydroxyl groups is 1. The van der Waals surface area contributed by atoms with Crippen molar-refractivity contribution >= 4 is 6.03 Å². The molecule has 0 aromatic heterocycles. The number of hydrogen-bond donors (Lipinski definition) is 2. The Morgan fingerprint density at radius 1 is 0.933 bits per heavy atom. The van der Waals surface area contributed by atoms with Crippen LogP contribution < -0.4 is 5.32 Å². The van der Waals surface area contributed by atoms with E-state index in [1.807, 2.05) is 97.9 Å². The van der Waals surface area contributed by atoms with Crippen molar-refractivity contribution in [3.63, 3.8) is 0 Å². The van der Waals surface area contributed by atoms with Crippen molar-refractivity contribution in [3.8, 4) is 0 Å². The van der Waals surface area contributed by atoms with E-state index in [0.717, 1.165) is 29.5 Å². The molecule has 0 spiro atoms. The minimum absolute atomic E-state index is 0.110. The van der Waals surface area contributed by atoms with Gasteiger partial charge in [0.1, 0.15) is 5.60 Å². The van der Waals surface area contributed by atoms with Crippen molar-refractivity contribution in [2.45, 2.75) is 37.5 Å². The van der Waals surface area contributed by atoms with Crippen LogP contribution in [-0.4, -0.2) is 28.6 Å². The first-order valence-corrected chi connectivity index (χ1v) is 10.6.